The van der Waals surface area contributed by atoms with Gasteiger partial charge in [0, 0.05) is 25.3 Å². The first-order chi connectivity index (χ1) is 16.1. The number of amides is 2. The molecule has 8 heteroatoms. The van der Waals surface area contributed by atoms with E-state index >= 15 is 0 Å². The molecule has 0 saturated carbocycles. The van der Waals surface area contributed by atoms with Gasteiger partial charge >= 0.3 is 0 Å². The van der Waals surface area contributed by atoms with Crippen molar-refractivity contribution in [2.24, 2.45) is 0 Å². The fraction of sp³-hybridized carbons (Fsp3) is 0.440. The summed E-state index contributed by atoms with van der Waals surface area (Å²) in [7, 11) is 3.12. The predicted molar refractivity (Wildman–Crippen MR) is 123 cm³/mol. The maximum Gasteiger partial charge on any atom is 0.266 e. The van der Waals surface area contributed by atoms with Crippen molar-refractivity contribution < 1.29 is 28.6 Å². The third kappa shape index (κ3) is 6.24. The molecule has 0 aliphatic carbocycles. The first-order valence-corrected chi connectivity index (χ1v) is 11.2. The maximum atomic E-state index is 13.2. The van der Waals surface area contributed by atoms with Gasteiger partial charge in [-0.05, 0) is 49.4 Å². The number of carbonyl (C=O) groups excluding carboxylic acids is 2. The summed E-state index contributed by atoms with van der Waals surface area (Å²) in [5, 5.41) is 0. The van der Waals surface area contributed by atoms with Crippen LogP contribution in [0.4, 0.5) is 0 Å². The van der Waals surface area contributed by atoms with E-state index < -0.39 is 6.04 Å². The highest BCUT2D eigenvalue weighted by Gasteiger charge is 2.38. The molecule has 0 aromatic heterocycles. The minimum absolute atomic E-state index is 0.225. The maximum absolute atomic E-state index is 13.2. The Bertz CT molecular complexity index is 934. The predicted octanol–water partition coefficient (Wildman–Crippen LogP) is 3.14. The minimum Gasteiger partial charge on any atom is -0.493 e. The first kappa shape index (κ1) is 24.5. The number of hydrogen-bond donors (Lipinski definition) is 1. The molecule has 1 unspecified atom stereocenters. The summed E-state index contributed by atoms with van der Waals surface area (Å²) in [6, 6.07) is 12.5. The van der Waals surface area contributed by atoms with E-state index in [9.17, 15) is 9.59 Å². The van der Waals surface area contributed by atoms with Gasteiger partial charge < -0.3 is 19.1 Å². The van der Waals surface area contributed by atoms with Gasteiger partial charge in [0.2, 0.25) is 0 Å². The molecule has 0 radical (unpaired) electrons. The summed E-state index contributed by atoms with van der Waals surface area (Å²) >= 11 is 0. The van der Waals surface area contributed by atoms with Crippen molar-refractivity contribution in [3.63, 3.8) is 0 Å². The number of nitrogens with zero attached hydrogens (tertiary/aromatic N) is 1. The second-order valence-electron chi connectivity index (χ2n) is 7.71. The van der Waals surface area contributed by atoms with Crippen LogP contribution in [-0.4, -0.2) is 56.7 Å². The van der Waals surface area contributed by atoms with Gasteiger partial charge in [-0.15, -0.1) is 0 Å². The van der Waals surface area contributed by atoms with Crippen molar-refractivity contribution in [1.29, 1.82) is 0 Å². The zero-order chi connectivity index (χ0) is 23.6. The summed E-state index contributed by atoms with van der Waals surface area (Å²) < 4.78 is 16.4. The van der Waals surface area contributed by atoms with Gasteiger partial charge in [-0.2, -0.15) is 0 Å². The molecule has 3 rings (SSSR count). The molecule has 2 aromatic carbocycles. The molecule has 33 heavy (non-hydrogen) atoms. The van der Waals surface area contributed by atoms with E-state index in [4.69, 9.17) is 19.0 Å². The molecule has 1 heterocycles. The molecule has 1 fully saturated rings. The molecule has 2 aromatic rings. The van der Waals surface area contributed by atoms with Gasteiger partial charge in [0.1, 0.15) is 6.04 Å². The number of aryl methyl sites for hydroxylation is 1. The van der Waals surface area contributed by atoms with Crippen LogP contribution in [0.1, 0.15) is 41.3 Å². The molecule has 8 nitrogen and oxygen atoms in total. The van der Waals surface area contributed by atoms with Gasteiger partial charge in [-0.25, -0.2) is 5.48 Å². The quantitative estimate of drug-likeness (QED) is 0.390. The Morgan fingerprint density at radius 1 is 1.12 bits per heavy atom. The number of methoxy groups -OCH3 is 2. The van der Waals surface area contributed by atoms with Crippen LogP contribution in [0.25, 0.3) is 0 Å². The van der Waals surface area contributed by atoms with Crippen LogP contribution in [0, 0.1) is 0 Å². The van der Waals surface area contributed by atoms with Crippen LogP contribution in [0.5, 0.6) is 11.5 Å². The number of nitrogens with one attached hydrogen (secondary N) is 1. The average molecular weight is 457 g/mol. The summed E-state index contributed by atoms with van der Waals surface area (Å²) in [6.45, 7) is 4.00. The SMILES string of the molecule is CCOCCCc1cc(C(=O)N2CCC2C(=O)NOCc2ccccc2)cc(OC)c1OC. The Morgan fingerprint density at radius 2 is 1.91 bits per heavy atom. The van der Waals surface area contributed by atoms with Gasteiger partial charge in [0.05, 0.1) is 20.8 Å². The zero-order valence-electron chi connectivity index (χ0n) is 19.5. The molecule has 1 aliphatic rings. The lowest BCUT2D eigenvalue weighted by atomic mass is 9.98. The molecule has 178 valence electrons. The number of rotatable bonds is 12. The summed E-state index contributed by atoms with van der Waals surface area (Å²) in [5.74, 6) is 0.541. The highest BCUT2D eigenvalue weighted by Crippen LogP contribution is 2.34. The van der Waals surface area contributed by atoms with Gasteiger partial charge in [-0.3, -0.25) is 14.4 Å². The van der Waals surface area contributed by atoms with E-state index in [0.29, 0.717) is 49.7 Å². The number of ether oxygens (including phenoxy) is 3. The fourth-order valence-electron chi connectivity index (χ4n) is 3.76. The van der Waals surface area contributed by atoms with Crippen LogP contribution >= 0.6 is 0 Å². The minimum atomic E-state index is -0.567. The van der Waals surface area contributed by atoms with Crippen molar-refractivity contribution >= 4 is 11.8 Å². The number of carbonyl (C=O) groups is 2. The third-order valence-electron chi connectivity index (χ3n) is 5.58. The lowest BCUT2D eigenvalue weighted by Gasteiger charge is -2.39. The van der Waals surface area contributed by atoms with Gasteiger partial charge in [0.25, 0.3) is 11.8 Å². The van der Waals surface area contributed by atoms with Crippen molar-refractivity contribution in [2.45, 2.75) is 38.8 Å². The first-order valence-electron chi connectivity index (χ1n) is 11.2. The number of hydroxylamine groups is 1. The molecular formula is C25H32N2O6. The fourth-order valence-corrected chi connectivity index (χ4v) is 3.76. The van der Waals surface area contributed by atoms with E-state index in [-0.39, 0.29) is 18.4 Å². The van der Waals surface area contributed by atoms with Crippen LogP contribution in [-0.2, 0) is 27.4 Å². The standard InChI is InChI=1S/C25H32N2O6/c1-4-32-14-8-11-19-15-20(16-22(30-2)23(19)31-3)25(29)27-13-12-21(27)24(28)26-33-17-18-9-6-5-7-10-18/h5-7,9-10,15-16,21H,4,8,11-14,17H2,1-3H3,(H,26,28). The molecular weight excluding hydrogens is 424 g/mol. The normalized spacial score (nSPS) is 15.0. The van der Waals surface area contributed by atoms with Gasteiger partial charge in [0.15, 0.2) is 11.5 Å². The van der Waals surface area contributed by atoms with Crippen LogP contribution in [0.15, 0.2) is 42.5 Å². The van der Waals surface area contributed by atoms with Crippen LogP contribution < -0.4 is 15.0 Å². The average Bonchev–Trinajstić information content (AvgIpc) is 2.81. The van der Waals surface area contributed by atoms with E-state index in [1.54, 1.807) is 25.2 Å². The summed E-state index contributed by atoms with van der Waals surface area (Å²) in [5.41, 5.74) is 4.74. The van der Waals surface area contributed by atoms with E-state index in [2.05, 4.69) is 5.48 Å². The largest absolute Gasteiger partial charge is 0.493 e. The lowest BCUT2D eigenvalue weighted by Crippen LogP contribution is -2.58. The lowest BCUT2D eigenvalue weighted by molar-refractivity contribution is -0.143. The van der Waals surface area contributed by atoms with Crippen molar-refractivity contribution in [3.8, 4) is 11.5 Å². The van der Waals surface area contributed by atoms with Crippen molar-refractivity contribution in [2.75, 3.05) is 34.0 Å². The topological polar surface area (TPSA) is 86.3 Å². The van der Waals surface area contributed by atoms with Crippen molar-refractivity contribution in [3.05, 3.63) is 59.2 Å². The van der Waals surface area contributed by atoms with E-state index in [0.717, 1.165) is 17.5 Å². The number of benzene rings is 2. The third-order valence-corrected chi connectivity index (χ3v) is 5.58. The van der Waals surface area contributed by atoms with Crippen molar-refractivity contribution in [1.82, 2.24) is 10.4 Å². The van der Waals surface area contributed by atoms with E-state index in [1.807, 2.05) is 43.3 Å². The monoisotopic (exact) mass is 456 g/mol. The van der Waals surface area contributed by atoms with Crippen LogP contribution in [0.3, 0.4) is 0 Å². The molecule has 1 saturated heterocycles. The Morgan fingerprint density at radius 3 is 2.55 bits per heavy atom. The zero-order valence-corrected chi connectivity index (χ0v) is 19.5. The number of hydrogen-bond acceptors (Lipinski definition) is 6. The summed E-state index contributed by atoms with van der Waals surface area (Å²) in [6.07, 6.45) is 2.05. The molecule has 1 N–H and O–H groups in total. The molecule has 1 atom stereocenters. The Labute approximate surface area is 194 Å². The van der Waals surface area contributed by atoms with Gasteiger partial charge in [-0.1, -0.05) is 30.3 Å². The summed E-state index contributed by atoms with van der Waals surface area (Å²) in [4.78, 5) is 32.7. The van der Waals surface area contributed by atoms with E-state index in [1.165, 1.54) is 0 Å². The molecule has 2 amide bonds. The molecule has 0 spiro atoms. The van der Waals surface area contributed by atoms with Crippen LogP contribution in [0.2, 0.25) is 0 Å². The highest BCUT2D eigenvalue weighted by atomic mass is 16.7. The Kier molecular flexibility index (Phi) is 9.09. The Balaban J connectivity index is 1.65. The molecule has 1 aliphatic heterocycles. The Hall–Kier alpha value is -3.10. The second kappa shape index (κ2) is 12.2. The molecule has 0 bridgehead atoms. The highest BCUT2D eigenvalue weighted by molar-refractivity contribution is 5.99. The number of likely N-dealkylation sites (tertiary alicyclic amines) is 1. The smallest absolute Gasteiger partial charge is 0.266 e. The second-order valence-corrected chi connectivity index (χ2v) is 7.71.